The summed E-state index contributed by atoms with van der Waals surface area (Å²) in [4.78, 5) is 4.57. The molecule has 0 amide bonds. The van der Waals surface area contributed by atoms with Crippen molar-refractivity contribution in [3.05, 3.63) is 71.1 Å². The van der Waals surface area contributed by atoms with Gasteiger partial charge in [-0.2, -0.15) is 0 Å². The number of halogens is 1. The smallest absolute Gasteiger partial charge is 0.137 e. The Morgan fingerprint density at radius 3 is 2.95 bits per heavy atom. The maximum Gasteiger partial charge on any atom is 0.137 e. The van der Waals surface area contributed by atoms with Crippen molar-refractivity contribution >= 4 is 17.2 Å². The SMILES string of the molecule is C[C@@H](NCc1cn2ccccc2n1)c1cccc(Cl)c1. The molecule has 1 aromatic carbocycles. The molecule has 3 rings (SSSR count). The Labute approximate surface area is 123 Å². The maximum absolute atomic E-state index is 6.02. The molecule has 0 fully saturated rings. The van der Waals surface area contributed by atoms with Gasteiger partial charge in [0.25, 0.3) is 0 Å². The third-order valence-electron chi connectivity index (χ3n) is 3.35. The Balaban J connectivity index is 1.69. The van der Waals surface area contributed by atoms with Crippen molar-refractivity contribution in [1.82, 2.24) is 14.7 Å². The van der Waals surface area contributed by atoms with Crippen LogP contribution in [-0.4, -0.2) is 9.38 Å². The molecular formula is C16H16ClN3. The summed E-state index contributed by atoms with van der Waals surface area (Å²) >= 11 is 6.02. The Bertz CT molecular complexity index is 687. The summed E-state index contributed by atoms with van der Waals surface area (Å²) < 4.78 is 2.03. The highest BCUT2D eigenvalue weighted by Crippen LogP contribution is 2.17. The molecule has 0 bridgehead atoms. The molecule has 3 nitrogen and oxygen atoms in total. The summed E-state index contributed by atoms with van der Waals surface area (Å²) in [7, 11) is 0. The first kappa shape index (κ1) is 13.2. The summed E-state index contributed by atoms with van der Waals surface area (Å²) in [6, 6.07) is 14.2. The van der Waals surface area contributed by atoms with Gasteiger partial charge in [0, 0.05) is 30.0 Å². The fourth-order valence-electron chi connectivity index (χ4n) is 2.22. The first-order valence-corrected chi connectivity index (χ1v) is 7.01. The molecule has 3 aromatic rings. The van der Waals surface area contributed by atoms with Crippen LogP contribution in [0.3, 0.4) is 0 Å². The van der Waals surface area contributed by atoms with Crippen molar-refractivity contribution in [1.29, 1.82) is 0 Å². The topological polar surface area (TPSA) is 29.3 Å². The van der Waals surface area contributed by atoms with Gasteiger partial charge in [-0.15, -0.1) is 0 Å². The number of hydrogen-bond donors (Lipinski definition) is 1. The molecule has 102 valence electrons. The fourth-order valence-corrected chi connectivity index (χ4v) is 2.42. The van der Waals surface area contributed by atoms with Crippen molar-refractivity contribution in [2.24, 2.45) is 0 Å². The highest BCUT2D eigenvalue weighted by molar-refractivity contribution is 6.30. The van der Waals surface area contributed by atoms with Gasteiger partial charge in [0.1, 0.15) is 5.65 Å². The molecule has 0 radical (unpaired) electrons. The predicted molar refractivity (Wildman–Crippen MR) is 81.9 cm³/mol. The molecule has 0 unspecified atom stereocenters. The summed E-state index contributed by atoms with van der Waals surface area (Å²) in [6.45, 7) is 2.86. The fraction of sp³-hybridized carbons (Fsp3) is 0.188. The van der Waals surface area contributed by atoms with Crippen LogP contribution in [0.4, 0.5) is 0 Å². The van der Waals surface area contributed by atoms with Crippen LogP contribution in [0.25, 0.3) is 5.65 Å². The van der Waals surface area contributed by atoms with Crippen LogP contribution in [0.1, 0.15) is 24.2 Å². The van der Waals surface area contributed by atoms with E-state index in [0.717, 1.165) is 22.9 Å². The lowest BCUT2D eigenvalue weighted by Crippen LogP contribution is -2.18. The Morgan fingerprint density at radius 1 is 1.25 bits per heavy atom. The van der Waals surface area contributed by atoms with Crippen LogP contribution in [0.2, 0.25) is 5.02 Å². The van der Waals surface area contributed by atoms with Crippen LogP contribution in [0.15, 0.2) is 54.9 Å². The van der Waals surface area contributed by atoms with E-state index in [0.29, 0.717) is 0 Å². The van der Waals surface area contributed by atoms with Gasteiger partial charge in [0.05, 0.1) is 5.69 Å². The summed E-state index contributed by atoms with van der Waals surface area (Å²) in [6.07, 6.45) is 4.05. The Morgan fingerprint density at radius 2 is 2.15 bits per heavy atom. The molecule has 2 aromatic heterocycles. The third kappa shape index (κ3) is 2.84. The second-order valence-electron chi connectivity index (χ2n) is 4.86. The number of hydrogen-bond acceptors (Lipinski definition) is 2. The minimum absolute atomic E-state index is 0.235. The van der Waals surface area contributed by atoms with Gasteiger partial charge in [-0.3, -0.25) is 0 Å². The molecule has 1 atom stereocenters. The zero-order chi connectivity index (χ0) is 13.9. The lowest BCUT2D eigenvalue weighted by atomic mass is 10.1. The van der Waals surface area contributed by atoms with E-state index in [2.05, 4.69) is 23.3 Å². The van der Waals surface area contributed by atoms with Crippen molar-refractivity contribution < 1.29 is 0 Å². The summed E-state index contributed by atoms with van der Waals surface area (Å²) in [5.74, 6) is 0. The molecule has 20 heavy (non-hydrogen) atoms. The summed E-state index contributed by atoms with van der Waals surface area (Å²) in [5, 5.41) is 4.24. The lowest BCUT2D eigenvalue weighted by molar-refractivity contribution is 0.569. The normalized spacial score (nSPS) is 12.7. The third-order valence-corrected chi connectivity index (χ3v) is 3.59. The van der Waals surface area contributed by atoms with Crippen molar-refractivity contribution in [3.8, 4) is 0 Å². The second-order valence-corrected chi connectivity index (χ2v) is 5.29. The molecule has 0 aliphatic rings. The van der Waals surface area contributed by atoms with Crippen LogP contribution < -0.4 is 5.32 Å². The van der Waals surface area contributed by atoms with Gasteiger partial charge >= 0.3 is 0 Å². The molecule has 0 saturated heterocycles. The zero-order valence-electron chi connectivity index (χ0n) is 11.3. The molecule has 0 saturated carbocycles. The molecule has 0 aliphatic carbocycles. The van der Waals surface area contributed by atoms with Gasteiger partial charge < -0.3 is 9.72 Å². The van der Waals surface area contributed by atoms with Gasteiger partial charge in [-0.05, 0) is 36.8 Å². The van der Waals surface area contributed by atoms with E-state index in [4.69, 9.17) is 11.6 Å². The highest BCUT2D eigenvalue weighted by Gasteiger charge is 2.07. The summed E-state index contributed by atoms with van der Waals surface area (Å²) in [5.41, 5.74) is 3.19. The number of nitrogens with zero attached hydrogens (tertiary/aromatic N) is 2. The zero-order valence-corrected chi connectivity index (χ0v) is 12.0. The number of pyridine rings is 1. The van der Waals surface area contributed by atoms with E-state index in [9.17, 15) is 0 Å². The van der Waals surface area contributed by atoms with Gasteiger partial charge in [0.15, 0.2) is 0 Å². The lowest BCUT2D eigenvalue weighted by Gasteiger charge is -2.13. The Kier molecular flexibility index (Phi) is 3.72. The standard InChI is InChI=1S/C16H16ClN3/c1-12(13-5-4-6-14(17)9-13)18-10-15-11-20-8-3-2-7-16(20)19-15/h2-9,11-12,18H,10H2,1H3/t12-/m1/s1. The average Bonchev–Trinajstić information content (AvgIpc) is 2.87. The predicted octanol–water partition coefficient (Wildman–Crippen LogP) is 3.84. The molecule has 0 aliphatic heterocycles. The molecule has 1 N–H and O–H groups in total. The van der Waals surface area contributed by atoms with Crippen molar-refractivity contribution in [2.45, 2.75) is 19.5 Å². The van der Waals surface area contributed by atoms with Gasteiger partial charge in [-0.1, -0.05) is 29.8 Å². The molecule has 0 spiro atoms. The van der Waals surface area contributed by atoms with Crippen LogP contribution in [0, 0.1) is 0 Å². The van der Waals surface area contributed by atoms with Crippen LogP contribution >= 0.6 is 11.6 Å². The van der Waals surface area contributed by atoms with Crippen LogP contribution in [0.5, 0.6) is 0 Å². The monoisotopic (exact) mass is 285 g/mol. The molecular weight excluding hydrogens is 270 g/mol. The maximum atomic E-state index is 6.02. The van der Waals surface area contributed by atoms with Crippen molar-refractivity contribution in [3.63, 3.8) is 0 Å². The van der Waals surface area contributed by atoms with E-state index < -0.39 is 0 Å². The minimum atomic E-state index is 0.235. The molecule has 2 heterocycles. The van der Waals surface area contributed by atoms with Crippen LogP contribution in [-0.2, 0) is 6.54 Å². The Hall–Kier alpha value is -1.84. The van der Waals surface area contributed by atoms with Gasteiger partial charge in [-0.25, -0.2) is 4.98 Å². The van der Waals surface area contributed by atoms with E-state index in [-0.39, 0.29) is 6.04 Å². The number of fused-ring (bicyclic) bond motifs is 1. The second kappa shape index (κ2) is 5.65. The van der Waals surface area contributed by atoms with E-state index >= 15 is 0 Å². The first-order chi connectivity index (χ1) is 9.72. The number of imidazole rings is 1. The van der Waals surface area contributed by atoms with E-state index in [1.807, 2.05) is 53.2 Å². The van der Waals surface area contributed by atoms with E-state index in [1.165, 1.54) is 5.56 Å². The number of benzene rings is 1. The van der Waals surface area contributed by atoms with Crippen molar-refractivity contribution in [2.75, 3.05) is 0 Å². The highest BCUT2D eigenvalue weighted by atomic mass is 35.5. The quantitative estimate of drug-likeness (QED) is 0.789. The van der Waals surface area contributed by atoms with E-state index in [1.54, 1.807) is 0 Å². The number of rotatable bonds is 4. The average molecular weight is 286 g/mol. The molecule has 4 heteroatoms. The number of aromatic nitrogens is 2. The largest absolute Gasteiger partial charge is 0.307 e. The first-order valence-electron chi connectivity index (χ1n) is 6.64. The minimum Gasteiger partial charge on any atom is -0.307 e. The number of nitrogens with one attached hydrogen (secondary N) is 1. The van der Waals surface area contributed by atoms with Gasteiger partial charge in [0.2, 0.25) is 0 Å².